The zero-order valence-electron chi connectivity index (χ0n) is 22.4. The highest BCUT2D eigenvalue weighted by molar-refractivity contribution is 5.90. The molecule has 206 valence electrons. The number of amides is 1. The van der Waals surface area contributed by atoms with Crippen molar-refractivity contribution in [2.75, 3.05) is 11.4 Å². The second-order valence-electron chi connectivity index (χ2n) is 11.0. The Hall–Kier alpha value is -4.08. The molecule has 39 heavy (non-hydrogen) atoms. The molecule has 1 aromatic carbocycles. The van der Waals surface area contributed by atoms with Crippen molar-refractivity contribution in [1.82, 2.24) is 19.9 Å². The number of carbonyl (C=O) groups excluding carboxylic acids is 2. The average Bonchev–Trinajstić information content (AvgIpc) is 2.91. The SMILES string of the molecule is CC(C)(C)c1ccc(N(CC(=O)n2cc(F)c(=O)[nH]c2=O)C(C(=O)NC2CCCCC2)c2cccnc2)cc1. The van der Waals surface area contributed by atoms with Gasteiger partial charge in [0, 0.05) is 29.7 Å². The van der Waals surface area contributed by atoms with Gasteiger partial charge in [0.1, 0.15) is 6.04 Å². The Morgan fingerprint density at radius 2 is 1.82 bits per heavy atom. The molecule has 2 heterocycles. The fraction of sp³-hybridized carbons (Fsp3) is 0.414. The molecule has 1 saturated carbocycles. The van der Waals surface area contributed by atoms with Gasteiger partial charge in [-0.1, -0.05) is 58.2 Å². The monoisotopic (exact) mass is 535 g/mol. The quantitative estimate of drug-likeness (QED) is 0.477. The van der Waals surface area contributed by atoms with Gasteiger partial charge in [-0.25, -0.2) is 9.36 Å². The third kappa shape index (κ3) is 6.68. The molecule has 2 N–H and O–H groups in total. The number of halogens is 1. The molecule has 1 aliphatic rings. The molecule has 0 radical (unpaired) electrons. The standard InChI is InChI=1S/C29H34FN5O4/c1-29(2,3)20-11-13-22(14-12-20)34(18-24(36)35-17-23(30)26(37)33-28(35)39)25(19-8-7-15-31-16-19)27(38)32-21-9-5-4-6-10-21/h7-8,11-17,21,25H,4-6,9-10,18H2,1-3H3,(H,32,38)(H,33,37,39). The molecular weight excluding hydrogens is 501 g/mol. The minimum absolute atomic E-state index is 0.0159. The first-order valence-electron chi connectivity index (χ1n) is 13.2. The molecule has 4 rings (SSSR count). The van der Waals surface area contributed by atoms with Crippen molar-refractivity contribution < 1.29 is 14.0 Å². The van der Waals surface area contributed by atoms with Crippen LogP contribution in [-0.4, -0.2) is 38.9 Å². The number of benzene rings is 1. The Morgan fingerprint density at radius 1 is 1.13 bits per heavy atom. The maximum absolute atomic E-state index is 14.0. The number of anilines is 1. The number of pyridine rings is 1. The van der Waals surface area contributed by atoms with Gasteiger partial charge in [-0.2, -0.15) is 4.39 Å². The van der Waals surface area contributed by atoms with Crippen LogP contribution < -0.4 is 21.5 Å². The van der Waals surface area contributed by atoms with Crippen molar-refractivity contribution in [1.29, 1.82) is 0 Å². The number of carbonyl (C=O) groups is 2. The second kappa shape index (κ2) is 11.8. The lowest BCUT2D eigenvalue weighted by molar-refractivity contribution is -0.123. The van der Waals surface area contributed by atoms with Crippen molar-refractivity contribution in [2.45, 2.75) is 70.4 Å². The second-order valence-corrected chi connectivity index (χ2v) is 11.0. The first kappa shape index (κ1) is 27.9. The van der Waals surface area contributed by atoms with E-state index in [0.717, 1.165) is 37.7 Å². The Kier molecular flexibility index (Phi) is 8.42. The topological polar surface area (TPSA) is 117 Å². The normalized spacial score (nSPS) is 15.0. The summed E-state index contributed by atoms with van der Waals surface area (Å²) in [5.41, 5.74) is -0.222. The van der Waals surface area contributed by atoms with Gasteiger partial charge in [0.15, 0.2) is 0 Å². The summed E-state index contributed by atoms with van der Waals surface area (Å²) in [6.07, 6.45) is 8.66. The van der Waals surface area contributed by atoms with Crippen LogP contribution >= 0.6 is 0 Å². The Balaban J connectivity index is 1.78. The van der Waals surface area contributed by atoms with Gasteiger partial charge >= 0.3 is 5.69 Å². The van der Waals surface area contributed by atoms with E-state index in [1.54, 1.807) is 29.4 Å². The van der Waals surface area contributed by atoms with E-state index in [2.05, 4.69) is 31.1 Å². The predicted molar refractivity (Wildman–Crippen MR) is 146 cm³/mol. The molecule has 3 aromatic rings. The van der Waals surface area contributed by atoms with Gasteiger partial charge in [0.05, 0.1) is 12.7 Å². The number of aromatic amines is 1. The van der Waals surface area contributed by atoms with Gasteiger partial charge in [0.25, 0.3) is 11.5 Å². The molecular formula is C29H34FN5O4. The highest BCUT2D eigenvalue weighted by Crippen LogP contribution is 2.31. The number of nitrogens with zero attached hydrogens (tertiary/aromatic N) is 3. The number of aromatic nitrogens is 3. The molecule has 1 aliphatic carbocycles. The van der Waals surface area contributed by atoms with E-state index < -0.39 is 35.6 Å². The lowest BCUT2D eigenvalue weighted by Gasteiger charge is -2.34. The van der Waals surface area contributed by atoms with E-state index in [4.69, 9.17) is 0 Å². The summed E-state index contributed by atoms with van der Waals surface area (Å²) in [4.78, 5) is 58.7. The number of H-pyrrole nitrogens is 1. The zero-order chi connectivity index (χ0) is 28.2. The minimum atomic E-state index is -1.26. The summed E-state index contributed by atoms with van der Waals surface area (Å²) in [7, 11) is 0. The fourth-order valence-corrected chi connectivity index (χ4v) is 4.88. The molecule has 1 fully saturated rings. The number of hydrogen-bond acceptors (Lipinski definition) is 6. The molecule has 2 aromatic heterocycles. The van der Waals surface area contributed by atoms with E-state index in [1.165, 1.54) is 0 Å². The van der Waals surface area contributed by atoms with Gasteiger partial charge in [-0.3, -0.25) is 24.4 Å². The molecule has 0 bridgehead atoms. The average molecular weight is 536 g/mol. The van der Waals surface area contributed by atoms with Crippen molar-refractivity contribution in [3.63, 3.8) is 0 Å². The lowest BCUT2D eigenvalue weighted by Crippen LogP contribution is -2.48. The smallest absolute Gasteiger partial charge is 0.335 e. The highest BCUT2D eigenvalue weighted by atomic mass is 19.1. The minimum Gasteiger partial charge on any atom is -0.351 e. The van der Waals surface area contributed by atoms with Crippen LogP contribution in [0.15, 0.2) is 64.6 Å². The van der Waals surface area contributed by atoms with E-state index in [-0.39, 0.29) is 17.4 Å². The van der Waals surface area contributed by atoms with E-state index in [0.29, 0.717) is 22.0 Å². The largest absolute Gasteiger partial charge is 0.351 e. The Labute approximate surface area is 226 Å². The first-order valence-corrected chi connectivity index (χ1v) is 13.2. The molecule has 0 spiro atoms. The Morgan fingerprint density at radius 3 is 2.44 bits per heavy atom. The summed E-state index contributed by atoms with van der Waals surface area (Å²) in [5.74, 6) is -2.38. The van der Waals surface area contributed by atoms with Crippen LogP contribution in [0.2, 0.25) is 0 Å². The maximum Gasteiger partial charge on any atom is 0.335 e. The highest BCUT2D eigenvalue weighted by Gasteiger charge is 2.32. The van der Waals surface area contributed by atoms with Crippen molar-refractivity contribution in [3.05, 3.63) is 92.8 Å². The van der Waals surface area contributed by atoms with Crippen LogP contribution in [-0.2, 0) is 10.2 Å². The number of rotatable bonds is 7. The fourth-order valence-electron chi connectivity index (χ4n) is 4.88. The van der Waals surface area contributed by atoms with Crippen molar-refractivity contribution in [3.8, 4) is 0 Å². The first-order chi connectivity index (χ1) is 18.5. The maximum atomic E-state index is 14.0. The van der Waals surface area contributed by atoms with Crippen LogP contribution in [0.3, 0.4) is 0 Å². The third-order valence-electron chi connectivity index (χ3n) is 7.05. The van der Waals surface area contributed by atoms with Crippen LogP contribution in [0, 0.1) is 5.82 Å². The summed E-state index contributed by atoms with van der Waals surface area (Å²) in [6.45, 7) is 5.79. The predicted octanol–water partition coefficient (Wildman–Crippen LogP) is 3.71. The van der Waals surface area contributed by atoms with Crippen LogP contribution in [0.5, 0.6) is 0 Å². The third-order valence-corrected chi connectivity index (χ3v) is 7.05. The van der Waals surface area contributed by atoms with Crippen molar-refractivity contribution in [2.24, 2.45) is 0 Å². The van der Waals surface area contributed by atoms with Gasteiger partial charge in [-0.05, 0) is 42.0 Å². The molecule has 1 amide bonds. The van der Waals surface area contributed by atoms with Crippen LogP contribution in [0.25, 0.3) is 0 Å². The van der Waals surface area contributed by atoms with Gasteiger partial charge in [-0.15, -0.1) is 0 Å². The lowest BCUT2D eigenvalue weighted by atomic mass is 9.87. The van der Waals surface area contributed by atoms with Crippen LogP contribution in [0.1, 0.15) is 74.8 Å². The molecule has 10 heteroatoms. The van der Waals surface area contributed by atoms with E-state index in [9.17, 15) is 23.6 Å². The zero-order valence-corrected chi connectivity index (χ0v) is 22.4. The summed E-state index contributed by atoms with van der Waals surface area (Å²) in [5, 5.41) is 3.15. The molecule has 1 unspecified atom stereocenters. The summed E-state index contributed by atoms with van der Waals surface area (Å²) >= 11 is 0. The molecule has 1 atom stereocenters. The molecule has 0 aliphatic heterocycles. The molecule has 0 saturated heterocycles. The summed E-state index contributed by atoms with van der Waals surface area (Å²) in [6, 6.07) is 10.0. The van der Waals surface area contributed by atoms with Gasteiger partial charge < -0.3 is 10.2 Å². The number of hydrogen-bond donors (Lipinski definition) is 2. The van der Waals surface area contributed by atoms with E-state index >= 15 is 0 Å². The van der Waals surface area contributed by atoms with Gasteiger partial charge in [0.2, 0.25) is 11.7 Å². The Bertz CT molecular complexity index is 1420. The van der Waals surface area contributed by atoms with Crippen molar-refractivity contribution >= 4 is 17.5 Å². The summed E-state index contributed by atoms with van der Waals surface area (Å²) < 4.78 is 14.5. The molecule has 9 nitrogen and oxygen atoms in total. The number of nitrogens with one attached hydrogen (secondary N) is 2. The van der Waals surface area contributed by atoms with Crippen LogP contribution in [0.4, 0.5) is 10.1 Å². The van der Waals surface area contributed by atoms with E-state index in [1.807, 2.05) is 29.2 Å².